The number of anilines is 2. The zero-order valence-corrected chi connectivity index (χ0v) is 12.0. The van der Waals surface area contributed by atoms with Gasteiger partial charge in [0.05, 0.1) is 6.04 Å². The lowest BCUT2D eigenvalue weighted by Gasteiger charge is -2.19. The van der Waals surface area contributed by atoms with Crippen LogP contribution in [-0.2, 0) is 6.42 Å². The number of benzene rings is 1. The first-order valence-electron chi connectivity index (χ1n) is 6.87. The zero-order valence-electron chi connectivity index (χ0n) is 12.0. The number of hydrogen-bond acceptors (Lipinski definition) is 5. The summed E-state index contributed by atoms with van der Waals surface area (Å²) in [7, 11) is 0. The predicted molar refractivity (Wildman–Crippen MR) is 79.4 cm³/mol. The predicted octanol–water partition coefficient (Wildman–Crippen LogP) is 2.42. The van der Waals surface area contributed by atoms with E-state index in [4.69, 9.17) is 5.73 Å². The number of rotatable bonds is 2. The van der Waals surface area contributed by atoms with Crippen molar-refractivity contribution in [1.29, 1.82) is 0 Å². The van der Waals surface area contributed by atoms with Crippen molar-refractivity contribution in [1.82, 2.24) is 15.0 Å². The van der Waals surface area contributed by atoms with E-state index >= 15 is 0 Å². The number of fused-ring (bicyclic) bond motifs is 1. The van der Waals surface area contributed by atoms with Gasteiger partial charge in [0, 0.05) is 0 Å². The van der Waals surface area contributed by atoms with E-state index in [1.165, 1.54) is 16.7 Å². The fraction of sp³-hybridized carbons (Fsp3) is 0.400. The Hall–Kier alpha value is -2.17. The Morgan fingerprint density at radius 1 is 1.20 bits per heavy atom. The van der Waals surface area contributed by atoms with Crippen molar-refractivity contribution in [3.63, 3.8) is 0 Å². The van der Waals surface area contributed by atoms with Crippen LogP contribution in [0.15, 0.2) is 18.2 Å². The summed E-state index contributed by atoms with van der Waals surface area (Å²) in [4.78, 5) is 12.5. The van der Waals surface area contributed by atoms with E-state index in [2.05, 4.69) is 52.3 Å². The van der Waals surface area contributed by atoms with Gasteiger partial charge in [0.15, 0.2) is 0 Å². The smallest absolute Gasteiger partial charge is 0.228 e. The number of nitrogen functional groups attached to an aromatic ring is 1. The van der Waals surface area contributed by atoms with Crippen molar-refractivity contribution in [3.05, 3.63) is 40.7 Å². The van der Waals surface area contributed by atoms with Crippen LogP contribution in [0.25, 0.3) is 0 Å². The fourth-order valence-corrected chi connectivity index (χ4v) is 2.89. The maximum atomic E-state index is 5.68. The Morgan fingerprint density at radius 3 is 2.75 bits per heavy atom. The fourth-order valence-electron chi connectivity index (χ4n) is 2.89. The maximum Gasteiger partial charge on any atom is 0.228 e. The van der Waals surface area contributed by atoms with Crippen LogP contribution in [0.4, 0.5) is 11.9 Å². The quantitative estimate of drug-likeness (QED) is 0.875. The molecule has 3 rings (SSSR count). The molecule has 1 aromatic heterocycles. The Balaban J connectivity index is 1.93. The molecule has 1 aliphatic rings. The van der Waals surface area contributed by atoms with Crippen molar-refractivity contribution < 1.29 is 0 Å². The minimum Gasteiger partial charge on any atom is -0.368 e. The van der Waals surface area contributed by atoms with E-state index in [0.29, 0.717) is 17.7 Å². The standard InChI is InChI=1S/C15H19N5/c1-8-4-5-11-7-9(2)13(12(11)6-8)19-15-18-10(3)17-14(16)20-15/h4-6,9,13H,7H2,1-3H3,(H3,16,17,18,19,20)/t9-,13+/m0/s1. The van der Waals surface area contributed by atoms with Crippen molar-refractivity contribution in [3.8, 4) is 0 Å². The molecule has 3 N–H and O–H groups in total. The van der Waals surface area contributed by atoms with Gasteiger partial charge in [-0.15, -0.1) is 0 Å². The number of aromatic nitrogens is 3. The Kier molecular flexibility index (Phi) is 3.04. The van der Waals surface area contributed by atoms with Crippen LogP contribution in [0, 0.1) is 19.8 Å². The second-order valence-electron chi connectivity index (χ2n) is 5.57. The van der Waals surface area contributed by atoms with Gasteiger partial charge < -0.3 is 11.1 Å². The average Bonchev–Trinajstić information content (AvgIpc) is 2.65. The van der Waals surface area contributed by atoms with Crippen LogP contribution in [0.2, 0.25) is 0 Å². The van der Waals surface area contributed by atoms with Gasteiger partial charge in [-0.25, -0.2) is 0 Å². The number of aryl methyl sites for hydroxylation is 2. The molecule has 2 aromatic rings. The van der Waals surface area contributed by atoms with Gasteiger partial charge in [-0.3, -0.25) is 0 Å². The average molecular weight is 269 g/mol. The molecule has 5 heteroatoms. The van der Waals surface area contributed by atoms with E-state index in [1.54, 1.807) is 0 Å². The summed E-state index contributed by atoms with van der Waals surface area (Å²) in [6, 6.07) is 6.86. The van der Waals surface area contributed by atoms with Crippen LogP contribution in [-0.4, -0.2) is 15.0 Å². The van der Waals surface area contributed by atoms with Gasteiger partial charge in [-0.05, 0) is 37.3 Å². The highest BCUT2D eigenvalue weighted by atomic mass is 15.2. The molecule has 0 amide bonds. The lowest BCUT2D eigenvalue weighted by Crippen LogP contribution is -2.17. The summed E-state index contributed by atoms with van der Waals surface area (Å²) in [6.45, 7) is 6.18. The third kappa shape index (κ3) is 2.31. The van der Waals surface area contributed by atoms with Crippen molar-refractivity contribution in [2.45, 2.75) is 33.2 Å². The van der Waals surface area contributed by atoms with Crippen LogP contribution in [0.3, 0.4) is 0 Å². The molecule has 20 heavy (non-hydrogen) atoms. The maximum absolute atomic E-state index is 5.68. The summed E-state index contributed by atoms with van der Waals surface area (Å²) in [5.41, 5.74) is 9.70. The molecule has 1 heterocycles. The van der Waals surface area contributed by atoms with Gasteiger partial charge in [-0.1, -0.05) is 30.7 Å². The van der Waals surface area contributed by atoms with E-state index in [9.17, 15) is 0 Å². The topological polar surface area (TPSA) is 76.7 Å². The highest BCUT2D eigenvalue weighted by molar-refractivity contribution is 5.44. The van der Waals surface area contributed by atoms with Crippen LogP contribution in [0.5, 0.6) is 0 Å². The molecule has 1 aliphatic carbocycles. The minimum atomic E-state index is 0.228. The molecular weight excluding hydrogens is 250 g/mol. The highest BCUT2D eigenvalue weighted by Crippen LogP contribution is 2.38. The first-order chi connectivity index (χ1) is 9.52. The third-order valence-corrected chi connectivity index (χ3v) is 3.80. The molecule has 0 radical (unpaired) electrons. The van der Waals surface area contributed by atoms with Crippen LogP contribution < -0.4 is 11.1 Å². The van der Waals surface area contributed by atoms with E-state index in [0.717, 1.165) is 6.42 Å². The lowest BCUT2D eigenvalue weighted by atomic mass is 10.0. The monoisotopic (exact) mass is 269 g/mol. The van der Waals surface area contributed by atoms with E-state index in [-0.39, 0.29) is 12.0 Å². The number of nitrogens with one attached hydrogen (secondary N) is 1. The summed E-state index contributed by atoms with van der Waals surface area (Å²) in [5.74, 6) is 1.96. The molecule has 0 unspecified atom stereocenters. The number of hydrogen-bond donors (Lipinski definition) is 2. The molecule has 0 aliphatic heterocycles. The molecule has 0 fully saturated rings. The molecule has 104 valence electrons. The molecule has 0 saturated carbocycles. The first kappa shape index (κ1) is 12.8. The highest BCUT2D eigenvalue weighted by Gasteiger charge is 2.29. The summed E-state index contributed by atoms with van der Waals surface area (Å²) in [5, 5.41) is 3.41. The molecule has 0 spiro atoms. The normalized spacial score (nSPS) is 20.8. The van der Waals surface area contributed by atoms with Gasteiger partial charge in [0.25, 0.3) is 0 Å². The largest absolute Gasteiger partial charge is 0.368 e. The SMILES string of the molecule is Cc1ccc2c(c1)[C@H](Nc1nc(C)nc(N)n1)[C@@H](C)C2. The van der Waals surface area contributed by atoms with Gasteiger partial charge >= 0.3 is 0 Å². The Labute approximate surface area is 118 Å². The van der Waals surface area contributed by atoms with Crippen molar-refractivity contribution >= 4 is 11.9 Å². The lowest BCUT2D eigenvalue weighted by molar-refractivity contribution is 0.538. The van der Waals surface area contributed by atoms with E-state index in [1.807, 2.05) is 6.92 Å². The van der Waals surface area contributed by atoms with Gasteiger partial charge in [0.1, 0.15) is 5.82 Å². The second-order valence-corrected chi connectivity index (χ2v) is 5.57. The zero-order chi connectivity index (χ0) is 14.3. The molecule has 2 atom stereocenters. The van der Waals surface area contributed by atoms with Gasteiger partial charge in [0.2, 0.25) is 11.9 Å². The van der Waals surface area contributed by atoms with Crippen molar-refractivity contribution in [2.75, 3.05) is 11.1 Å². The summed E-state index contributed by atoms with van der Waals surface area (Å²) >= 11 is 0. The minimum absolute atomic E-state index is 0.228. The molecule has 0 saturated heterocycles. The van der Waals surface area contributed by atoms with Crippen LogP contribution in [0.1, 0.15) is 35.5 Å². The number of nitrogens with two attached hydrogens (primary N) is 1. The summed E-state index contributed by atoms with van der Waals surface area (Å²) < 4.78 is 0. The second kappa shape index (κ2) is 4.74. The molecule has 1 aromatic carbocycles. The molecule has 0 bridgehead atoms. The molecular formula is C15H19N5. The molecule has 5 nitrogen and oxygen atoms in total. The number of nitrogens with zero attached hydrogens (tertiary/aromatic N) is 3. The summed E-state index contributed by atoms with van der Waals surface area (Å²) in [6.07, 6.45) is 1.08. The third-order valence-electron chi connectivity index (χ3n) is 3.80. The Morgan fingerprint density at radius 2 is 2.00 bits per heavy atom. The van der Waals surface area contributed by atoms with E-state index < -0.39 is 0 Å². The van der Waals surface area contributed by atoms with Crippen LogP contribution >= 0.6 is 0 Å². The van der Waals surface area contributed by atoms with Crippen molar-refractivity contribution in [2.24, 2.45) is 5.92 Å². The first-order valence-corrected chi connectivity index (χ1v) is 6.87. The Bertz CT molecular complexity index is 632. The van der Waals surface area contributed by atoms with Gasteiger partial charge in [-0.2, -0.15) is 15.0 Å².